The summed E-state index contributed by atoms with van der Waals surface area (Å²) in [6.07, 6.45) is 2.12. The highest BCUT2D eigenvalue weighted by Crippen LogP contribution is 2.25. The zero-order valence-corrected chi connectivity index (χ0v) is 14.9. The van der Waals surface area contributed by atoms with Crippen molar-refractivity contribution in [2.45, 2.75) is 25.4 Å². The quantitative estimate of drug-likeness (QED) is 0.464. The van der Waals surface area contributed by atoms with E-state index in [1.165, 1.54) is 12.8 Å². The lowest BCUT2D eigenvalue weighted by Crippen LogP contribution is -2.35. The first-order valence-corrected chi connectivity index (χ1v) is 7.21. The van der Waals surface area contributed by atoms with Crippen molar-refractivity contribution >= 4 is 41.7 Å². The fraction of sp³-hybridized carbons (Fsp3) is 0.467. The van der Waals surface area contributed by atoms with E-state index >= 15 is 0 Å². The number of aliphatic imine (C=N–C) groups is 1. The Morgan fingerprint density at radius 2 is 2.09 bits per heavy atom. The summed E-state index contributed by atoms with van der Waals surface area (Å²) in [5.74, 6) is 0.588. The summed E-state index contributed by atoms with van der Waals surface area (Å²) in [5.41, 5.74) is 7.88. The van der Waals surface area contributed by atoms with Crippen LogP contribution in [0.3, 0.4) is 0 Å². The molecule has 3 rings (SSSR count). The third-order valence-corrected chi connectivity index (χ3v) is 3.89. The van der Waals surface area contributed by atoms with Gasteiger partial charge in [-0.05, 0) is 30.5 Å². The maximum Gasteiger partial charge on any atom is 0.414 e. The molecule has 0 unspecified atom stereocenters. The van der Waals surface area contributed by atoms with Crippen LogP contribution in [0.4, 0.5) is 10.5 Å². The summed E-state index contributed by atoms with van der Waals surface area (Å²) in [5, 5.41) is 0. The van der Waals surface area contributed by atoms with Crippen molar-refractivity contribution < 1.29 is 9.53 Å². The van der Waals surface area contributed by atoms with E-state index in [-0.39, 0.29) is 30.1 Å². The average Bonchev–Trinajstić information content (AvgIpc) is 3.26. The van der Waals surface area contributed by atoms with Gasteiger partial charge in [-0.25, -0.2) is 9.79 Å². The number of benzene rings is 1. The van der Waals surface area contributed by atoms with Crippen molar-refractivity contribution in [3.05, 3.63) is 29.8 Å². The van der Waals surface area contributed by atoms with Gasteiger partial charge in [0.1, 0.15) is 6.61 Å². The Kier molecular flexibility index (Phi) is 5.49. The Bertz CT molecular complexity index is 557. The van der Waals surface area contributed by atoms with Gasteiger partial charge in [-0.1, -0.05) is 12.1 Å². The molecule has 1 heterocycles. The second kappa shape index (κ2) is 7.17. The molecular formula is C15H21IN4O2. The Balaban J connectivity index is 0.00000176. The smallest absolute Gasteiger partial charge is 0.414 e. The first-order chi connectivity index (χ1) is 10.1. The number of nitrogens with zero attached hydrogens (tertiary/aromatic N) is 3. The lowest BCUT2D eigenvalue weighted by Gasteiger charge is -2.17. The number of hydrogen-bond acceptors (Lipinski definition) is 3. The number of cyclic esters (lactones) is 1. The Morgan fingerprint density at radius 3 is 2.64 bits per heavy atom. The Hall–Kier alpha value is -1.51. The topological polar surface area (TPSA) is 71.2 Å². The van der Waals surface area contributed by atoms with E-state index in [1.54, 1.807) is 4.90 Å². The van der Waals surface area contributed by atoms with Crippen LogP contribution in [0.25, 0.3) is 0 Å². The largest absolute Gasteiger partial charge is 0.447 e. The highest BCUT2D eigenvalue weighted by molar-refractivity contribution is 14.0. The second-order valence-corrected chi connectivity index (χ2v) is 5.45. The highest BCUT2D eigenvalue weighted by atomic mass is 127. The van der Waals surface area contributed by atoms with Gasteiger partial charge in [0.2, 0.25) is 0 Å². The van der Waals surface area contributed by atoms with Gasteiger partial charge in [0, 0.05) is 18.8 Å². The number of ether oxygens (including phenoxy) is 1. The molecule has 1 aromatic rings. The summed E-state index contributed by atoms with van der Waals surface area (Å²) in [6.45, 7) is 1.61. The SMILES string of the molecule is CN(C(N)=NCc1ccc(N2CCOC2=O)cc1)C1CC1.I. The first kappa shape index (κ1) is 16.9. The molecule has 1 saturated heterocycles. The predicted octanol–water partition coefficient (Wildman–Crippen LogP) is 2.17. The van der Waals surface area contributed by atoms with E-state index < -0.39 is 0 Å². The fourth-order valence-corrected chi connectivity index (χ4v) is 2.34. The molecule has 0 atom stereocenters. The van der Waals surface area contributed by atoms with Crippen LogP contribution in [0.1, 0.15) is 18.4 Å². The monoisotopic (exact) mass is 416 g/mol. The molecule has 0 radical (unpaired) electrons. The summed E-state index contributed by atoms with van der Waals surface area (Å²) in [7, 11) is 1.98. The van der Waals surface area contributed by atoms with E-state index in [0.29, 0.717) is 31.7 Å². The molecule has 1 aliphatic heterocycles. The van der Waals surface area contributed by atoms with Gasteiger partial charge in [-0.2, -0.15) is 0 Å². The lowest BCUT2D eigenvalue weighted by atomic mass is 10.2. The number of nitrogens with two attached hydrogens (primary N) is 1. The fourth-order valence-electron chi connectivity index (χ4n) is 2.34. The minimum Gasteiger partial charge on any atom is -0.447 e. The van der Waals surface area contributed by atoms with Gasteiger partial charge in [0.05, 0.1) is 13.1 Å². The summed E-state index contributed by atoms with van der Waals surface area (Å²) in [4.78, 5) is 19.6. The van der Waals surface area contributed by atoms with E-state index in [1.807, 2.05) is 36.2 Å². The molecule has 0 spiro atoms. The first-order valence-electron chi connectivity index (χ1n) is 7.21. The van der Waals surface area contributed by atoms with Gasteiger partial charge < -0.3 is 15.4 Å². The zero-order valence-electron chi connectivity index (χ0n) is 12.6. The number of rotatable bonds is 4. The van der Waals surface area contributed by atoms with Crippen LogP contribution in [-0.4, -0.2) is 43.2 Å². The molecular weight excluding hydrogens is 395 g/mol. The standard InChI is InChI=1S/C15H20N4O2.HI/c1-18(12-6-7-12)14(16)17-10-11-2-4-13(5-3-11)19-8-9-21-15(19)20;/h2-5,12H,6-10H2,1H3,(H2,16,17);1H. The number of halogens is 1. The minimum atomic E-state index is -0.281. The number of amides is 1. The minimum absolute atomic E-state index is 0. The van der Waals surface area contributed by atoms with E-state index in [4.69, 9.17) is 10.5 Å². The molecule has 7 heteroatoms. The van der Waals surface area contributed by atoms with Crippen molar-refractivity contribution in [2.75, 3.05) is 25.1 Å². The highest BCUT2D eigenvalue weighted by Gasteiger charge is 2.27. The number of hydrogen-bond donors (Lipinski definition) is 1. The molecule has 2 aliphatic rings. The van der Waals surface area contributed by atoms with Crippen molar-refractivity contribution in [1.82, 2.24) is 4.90 Å². The van der Waals surface area contributed by atoms with Crippen LogP contribution in [0.2, 0.25) is 0 Å². The lowest BCUT2D eigenvalue weighted by molar-refractivity contribution is 0.181. The van der Waals surface area contributed by atoms with E-state index in [2.05, 4.69) is 4.99 Å². The van der Waals surface area contributed by atoms with Crippen LogP contribution in [0.5, 0.6) is 0 Å². The molecule has 6 nitrogen and oxygen atoms in total. The molecule has 0 aromatic heterocycles. The number of carbonyl (C=O) groups is 1. The van der Waals surface area contributed by atoms with Crippen molar-refractivity contribution in [2.24, 2.45) is 10.7 Å². The molecule has 120 valence electrons. The van der Waals surface area contributed by atoms with Gasteiger partial charge in [-0.3, -0.25) is 4.90 Å². The van der Waals surface area contributed by atoms with Gasteiger partial charge in [0.25, 0.3) is 0 Å². The third kappa shape index (κ3) is 3.82. The van der Waals surface area contributed by atoms with Crippen molar-refractivity contribution in [3.8, 4) is 0 Å². The van der Waals surface area contributed by atoms with Crippen LogP contribution in [0, 0.1) is 0 Å². The van der Waals surface area contributed by atoms with Crippen LogP contribution in [-0.2, 0) is 11.3 Å². The molecule has 22 heavy (non-hydrogen) atoms. The molecule has 2 N–H and O–H groups in total. The van der Waals surface area contributed by atoms with Crippen LogP contribution in [0.15, 0.2) is 29.3 Å². The van der Waals surface area contributed by atoms with Crippen LogP contribution < -0.4 is 10.6 Å². The zero-order chi connectivity index (χ0) is 14.8. The number of carbonyl (C=O) groups excluding carboxylic acids is 1. The van der Waals surface area contributed by atoms with Crippen molar-refractivity contribution in [3.63, 3.8) is 0 Å². The third-order valence-electron chi connectivity index (χ3n) is 3.89. The molecule has 2 fully saturated rings. The maximum atomic E-state index is 11.5. The molecule has 1 saturated carbocycles. The predicted molar refractivity (Wildman–Crippen MR) is 96.7 cm³/mol. The summed E-state index contributed by atoms with van der Waals surface area (Å²) >= 11 is 0. The van der Waals surface area contributed by atoms with Gasteiger partial charge in [0.15, 0.2) is 5.96 Å². The summed E-state index contributed by atoms with van der Waals surface area (Å²) in [6, 6.07) is 8.33. The second-order valence-electron chi connectivity index (χ2n) is 5.45. The number of guanidine groups is 1. The van der Waals surface area contributed by atoms with E-state index in [0.717, 1.165) is 11.3 Å². The van der Waals surface area contributed by atoms with Gasteiger partial charge in [-0.15, -0.1) is 24.0 Å². The average molecular weight is 416 g/mol. The normalized spacial score (nSPS) is 18.0. The molecule has 1 amide bonds. The van der Waals surface area contributed by atoms with Crippen LogP contribution >= 0.6 is 24.0 Å². The summed E-state index contributed by atoms with van der Waals surface area (Å²) < 4.78 is 4.93. The Labute approximate surface area is 147 Å². The molecule has 1 aliphatic carbocycles. The van der Waals surface area contributed by atoms with E-state index in [9.17, 15) is 4.79 Å². The van der Waals surface area contributed by atoms with Crippen molar-refractivity contribution in [1.29, 1.82) is 0 Å². The number of anilines is 1. The van der Waals surface area contributed by atoms with Gasteiger partial charge >= 0.3 is 6.09 Å². The Morgan fingerprint density at radius 1 is 1.41 bits per heavy atom. The molecule has 0 bridgehead atoms. The maximum absolute atomic E-state index is 11.5. The molecule has 1 aromatic carbocycles.